The van der Waals surface area contributed by atoms with Gasteiger partial charge >= 0.3 is 0 Å². The highest BCUT2D eigenvalue weighted by molar-refractivity contribution is 7.90. The van der Waals surface area contributed by atoms with Gasteiger partial charge in [0.25, 0.3) is 0 Å². The van der Waals surface area contributed by atoms with E-state index in [9.17, 15) is 8.42 Å². The second kappa shape index (κ2) is 5.84. The van der Waals surface area contributed by atoms with E-state index in [-0.39, 0.29) is 11.7 Å². The van der Waals surface area contributed by atoms with Crippen LogP contribution in [-0.4, -0.2) is 36.9 Å². The van der Waals surface area contributed by atoms with Crippen molar-refractivity contribution in [1.29, 1.82) is 0 Å². The van der Waals surface area contributed by atoms with E-state index < -0.39 is 9.84 Å². The van der Waals surface area contributed by atoms with Gasteiger partial charge in [-0.1, -0.05) is 25.4 Å². The van der Waals surface area contributed by atoms with Crippen molar-refractivity contribution in [1.82, 2.24) is 9.97 Å². The van der Waals surface area contributed by atoms with Crippen LogP contribution < -0.4 is 5.32 Å². The Morgan fingerprint density at radius 3 is 2.44 bits per heavy atom. The highest BCUT2D eigenvalue weighted by Gasteiger charge is 2.12. The molecular weight excluding hydrogens is 274 g/mol. The van der Waals surface area contributed by atoms with Crippen molar-refractivity contribution in [3.8, 4) is 0 Å². The van der Waals surface area contributed by atoms with Gasteiger partial charge < -0.3 is 5.32 Å². The van der Waals surface area contributed by atoms with Gasteiger partial charge in [0, 0.05) is 24.3 Å². The summed E-state index contributed by atoms with van der Waals surface area (Å²) in [5.74, 6) is 1.47. The predicted octanol–water partition coefficient (Wildman–Crippen LogP) is 2.02. The summed E-state index contributed by atoms with van der Waals surface area (Å²) in [6.07, 6.45) is 1.20. The molecule has 1 heterocycles. The van der Waals surface area contributed by atoms with Crippen LogP contribution in [0.4, 0.5) is 5.82 Å². The lowest BCUT2D eigenvalue weighted by molar-refractivity contribution is 0.602. The first-order chi connectivity index (χ1) is 8.20. The minimum absolute atomic E-state index is 0.0606. The molecule has 7 heteroatoms. The second-order valence-electron chi connectivity index (χ2n) is 4.56. The molecule has 18 heavy (non-hydrogen) atoms. The van der Waals surface area contributed by atoms with Crippen molar-refractivity contribution in [2.45, 2.75) is 26.7 Å². The van der Waals surface area contributed by atoms with Gasteiger partial charge in [-0.25, -0.2) is 18.4 Å². The lowest BCUT2D eigenvalue weighted by atomic mass is 10.2. The van der Waals surface area contributed by atoms with Crippen molar-refractivity contribution in [3.63, 3.8) is 0 Å². The molecule has 0 aliphatic rings. The van der Waals surface area contributed by atoms with E-state index in [0.29, 0.717) is 23.3 Å². The highest BCUT2D eigenvalue weighted by Crippen LogP contribution is 2.22. The molecule has 0 aliphatic carbocycles. The Morgan fingerprint density at radius 1 is 1.33 bits per heavy atom. The number of halogens is 1. The van der Waals surface area contributed by atoms with Crippen molar-refractivity contribution in [3.05, 3.63) is 16.5 Å². The molecule has 5 nitrogen and oxygen atoms in total. The van der Waals surface area contributed by atoms with E-state index in [1.165, 1.54) is 6.26 Å². The van der Waals surface area contributed by atoms with Crippen LogP contribution in [0.5, 0.6) is 0 Å². The van der Waals surface area contributed by atoms with Crippen LogP contribution in [0.1, 0.15) is 31.2 Å². The first kappa shape index (κ1) is 15.2. The zero-order valence-electron chi connectivity index (χ0n) is 11.0. The van der Waals surface area contributed by atoms with Gasteiger partial charge in [-0.3, -0.25) is 0 Å². The lowest BCUT2D eigenvalue weighted by Crippen LogP contribution is -2.16. The van der Waals surface area contributed by atoms with Crippen LogP contribution >= 0.6 is 11.6 Å². The average molecular weight is 292 g/mol. The summed E-state index contributed by atoms with van der Waals surface area (Å²) in [6, 6.07) is 0. The van der Waals surface area contributed by atoms with Gasteiger partial charge in [-0.2, -0.15) is 0 Å². The van der Waals surface area contributed by atoms with E-state index in [2.05, 4.69) is 15.3 Å². The summed E-state index contributed by atoms with van der Waals surface area (Å²) in [7, 11) is -2.98. The molecular formula is C11H18ClN3O2S. The van der Waals surface area contributed by atoms with E-state index in [1.54, 1.807) is 6.92 Å². The number of aromatic nitrogens is 2. The van der Waals surface area contributed by atoms with Crippen LogP contribution in [0.3, 0.4) is 0 Å². The SMILES string of the molecule is Cc1c(Cl)nc(C(C)C)nc1NCCS(C)(=O)=O. The number of sulfone groups is 1. The fourth-order valence-corrected chi connectivity index (χ4v) is 1.94. The Morgan fingerprint density at radius 2 is 1.94 bits per heavy atom. The number of hydrogen-bond donors (Lipinski definition) is 1. The number of anilines is 1. The third-order valence-electron chi connectivity index (χ3n) is 2.39. The highest BCUT2D eigenvalue weighted by atomic mass is 35.5. The Balaban J connectivity index is 2.88. The molecule has 0 amide bonds. The van der Waals surface area contributed by atoms with Crippen molar-refractivity contribution >= 4 is 27.3 Å². The minimum atomic E-state index is -2.98. The quantitative estimate of drug-likeness (QED) is 0.840. The number of hydrogen-bond acceptors (Lipinski definition) is 5. The van der Waals surface area contributed by atoms with E-state index in [0.717, 1.165) is 5.56 Å². The molecule has 1 aromatic heterocycles. The van der Waals surface area contributed by atoms with Crippen molar-refractivity contribution in [2.75, 3.05) is 23.9 Å². The maximum Gasteiger partial charge on any atom is 0.149 e. The molecule has 0 fully saturated rings. The van der Waals surface area contributed by atoms with Crippen LogP contribution in [-0.2, 0) is 9.84 Å². The molecule has 0 spiro atoms. The van der Waals surface area contributed by atoms with Crippen LogP contribution in [0.2, 0.25) is 5.15 Å². The fourth-order valence-electron chi connectivity index (χ4n) is 1.29. The van der Waals surface area contributed by atoms with E-state index >= 15 is 0 Å². The first-order valence-electron chi connectivity index (χ1n) is 5.66. The van der Waals surface area contributed by atoms with E-state index in [1.807, 2.05) is 13.8 Å². The summed E-state index contributed by atoms with van der Waals surface area (Å²) < 4.78 is 22.1. The second-order valence-corrected chi connectivity index (χ2v) is 7.18. The lowest BCUT2D eigenvalue weighted by Gasteiger charge is -2.12. The molecule has 0 radical (unpaired) electrons. The molecule has 0 saturated carbocycles. The summed E-state index contributed by atoms with van der Waals surface area (Å²) in [4.78, 5) is 8.54. The molecule has 102 valence electrons. The Bertz CT molecular complexity index is 529. The molecule has 0 atom stereocenters. The summed E-state index contributed by atoms with van der Waals surface area (Å²) in [5.41, 5.74) is 0.731. The maximum absolute atomic E-state index is 11.0. The molecule has 0 saturated heterocycles. The minimum Gasteiger partial charge on any atom is -0.369 e. The van der Waals surface area contributed by atoms with Gasteiger partial charge in [0.15, 0.2) is 0 Å². The summed E-state index contributed by atoms with van der Waals surface area (Å²) in [6.45, 7) is 6.06. The van der Waals surface area contributed by atoms with Crippen LogP contribution in [0, 0.1) is 6.92 Å². The number of nitrogens with one attached hydrogen (secondary N) is 1. The zero-order valence-corrected chi connectivity index (χ0v) is 12.6. The number of nitrogens with zero attached hydrogens (tertiary/aromatic N) is 2. The zero-order chi connectivity index (χ0) is 13.9. The third kappa shape index (κ3) is 4.42. The predicted molar refractivity (Wildman–Crippen MR) is 74.1 cm³/mol. The van der Waals surface area contributed by atoms with Gasteiger partial charge in [-0.05, 0) is 6.92 Å². The Hall–Kier alpha value is -0.880. The first-order valence-corrected chi connectivity index (χ1v) is 8.10. The molecule has 1 rings (SSSR count). The van der Waals surface area contributed by atoms with Gasteiger partial charge in [0.2, 0.25) is 0 Å². The van der Waals surface area contributed by atoms with Gasteiger partial charge in [0.05, 0.1) is 5.75 Å². The van der Waals surface area contributed by atoms with Gasteiger partial charge in [-0.15, -0.1) is 0 Å². The Labute approximate surface area is 113 Å². The fraction of sp³-hybridized carbons (Fsp3) is 0.636. The summed E-state index contributed by atoms with van der Waals surface area (Å²) in [5, 5.41) is 3.39. The monoisotopic (exact) mass is 291 g/mol. The van der Waals surface area contributed by atoms with E-state index in [4.69, 9.17) is 11.6 Å². The van der Waals surface area contributed by atoms with Crippen LogP contribution in [0.15, 0.2) is 0 Å². The standard InChI is InChI=1S/C11H18ClN3O2S/c1-7(2)10-14-9(12)8(3)11(15-10)13-5-6-18(4,16)17/h7H,5-6H2,1-4H3,(H,13,14,15). The molecule has 0 aliphatic heterocycles. The molecule has 0 aromatic carbocycles. The van der Waals surface area contributed by atoms with Crippen molar-refractivity contribution < 1.29 is 8.42 Å². The normalized spacial score (nSPS) is 11.9. The molecule has 0 bridgehead atoms. The number of rotatable bonds is 5. The van der Waals surface area contributed by atoms with Gasteiger partial charge in [0.1, 0.15) is 26.6 Å². The third-order valence-corrected chi connectivity index (χ3v) is 3.70. The largest absolute Gasteiger partial charge is 0.369 e. The molecule has 1 aromatic rings. The topological polar surface area (TPSA) is 72.0 Å². The molecule has 1 N–H and O–H groups in total. The summed E-state index contributed by atoms with van der Waals surface area (Å²) >= 11 is 6.02. The molecule has 0 unspecified atom stereocenters. The van der Waals surface area contributed by atoms with Crippen LogP contribution in [0.25, 0.3) is 0 Å². The average Bonchev–Trinajstić information content (AvgIpc) is 2.21. The smallest absolute Gasteiger partial charge is 0.149 e. The van der Waals surface area contributed by atoms with Crippen molar-refractivity contribution in [2.24, 2.45) is 0 Å². The maximum atomic E-state index is 11.0. The Kier molecular flexibility index (Phi) is 4.92.